The van der Waals surface area contributed by atoms with Gasteiger partial charge >= 0.3 is 5.97 Å². The zero-order valence-corrected chi connectivity index (χ0v) is 46.8. The molecule has 3 heterocycles. The Morgan fingerprint density at radius 1 is 0.532 bits per heavy atom. The zero-order valence-electron chi connectivity index (χ0n) is 46.8. The fourth-order valence-electron chi connectivity index (χ4n) is 7.58. The first-order valence-electron chi connectivity index (χ1n) is 27.3. The molecule has 4 N–H and O–H groups in total. The van der Waals surface area contributed by atoms with Crippen molar-refractivity contribution in [1.29, 1.82) is 0 Å². The van der Waals surface area contributed by atoms with Gasteiger partial charge in [-0.3, -0.25) is 38.5 Å². The van der Waals surface area contributed by atoms with Crippen molar-refractivity contribution in [3.63, 3.8) is 0 Å². The van der Waals surface area contributed by atoms with Crippen molar-refractivity contribution < 1.29 is 105 Å². The van der Waals surface area contributed by atoms with Gasteiger partial charge in [0.2, 0.25) is 23.6 Å². The number of hydrogen-bond donors (Lipinski definition) is 4. The second-order valence-electron chi connectivity index (χ2n) is 19.0. The van der Waals surface area contributed by atoms with Gasteiger partial charge in [-0.1, -0.05) is 0 Å². The van der Waals surface area contributed by atoms with E-state index in [1.807, 2.05) is 0 Å². The van der Waals surface area contributed by atoms with E-state index in [9.17, 15) is 33.6 Å². The largest absolute Gasteiger partial charge is 0.460 e. The third kappa shape index (κ3) is 33.9. The number of amides is 6. The second kappa shape index (κ2) is 43.4. The predicted molar refractivity (Wildman–Crippen MR) is 279 cm³/mol. The minimum Gasteiger partial charge on any atom is -0.460 e. The molecule has 0 bridgehead atoms. The Morgan fingerprint density at radius 2 is 0.911 bits per heavy atom. The summed E-state index contributed by atoms with van der Waals surface area (Å²) in [4.78, 5) is 88.6. The van der Waals surface area contributed by atoms with Crippen LogP contribution in [0.4, 0.5) is 0 Å². The molecule has 27 nitrogen and oxygen atoms in total. The molecule has 2 fully saturated rings. The lowest BCUT2D eigenvalue weighted by Crippen LogP contribution is -2.48. The van der Waals surface area contributed by atoms with Crippen LogP contribution in [0.15, 0.2) is 12.2 Å². The fourth-order valence-corrected chi connectivity index (χ4v) is 7.58. The predicted octanol–water partition coefficient (Wildman–Crippen LogP) is -1.21. The van der Waals surface area contributed by atoms with Crippen LogP contribution in [0.5, 0.6) is 0 Å². The Hall–Kier alpha value is -4.33. The molecule has 0 aromatic rings. The molecule has 3 aliphatic rings. The van der Waals surface area contributed by atoms with Crippen molar-refractivity contribution in [1.82, 2.24) is 26.2 Å². The number of methoxy groups -OCH3 is 1. The SMILES string of the molecule is COCCOCCOCCOCCOCCOCCOCCOCCOCCOCCOCCOCCC(=O)N[C@H]1CO[C@H]2[C@@H]1OC[C@@H]2NC(=O)CCC[C@H](NC(=O)CCN1C(=O)C=CC1=O)C(=O)NCCC(=O)OC(C)(C)C. The summed E-state index contributed by atoms with van der Waals surface area (Å²) < 4.78 is 82.3. The highest BCUT2D eigenvalue weighted by atomic mass is 16.6. The minimum atomic E-state index is -1.07. The van der Waals surface area contributed by atoms with E-state index in [0.29, 0.717) is 145 Å². The number of fused-ring (bicyclic) bond motifs is 1. The Bertz CT molecular complexity index is 1740. The molecular weight excluding hydrogens is 1050 g/mol. The number of hydrogen-bond acceptors (Lipinski definition) is 22. The molecule has 27 heteroatoms. The molecule has 3 rings (SSSR count). The molecule has 0 aliphatic carbocycles. The summed E-state index contributed by atoms with van der Waals surface area (Å²) in [6.07, 6.45) is 1.31. The van der Waals surface area contributed by atoms with Crippen LogP contribution in [0.1, 0.15) is 59.3 Å². The lowest BCUT2D eigenvalue weighted by molar-refractivity contribution is -0.154. The number of imide groups is 1. The van der Waals surface area contributed by atoms with Gasteiger partial charge in [0, 0.05) is 51.6 Å². The summed E-state index contributed by atoms with van der Waals surface area (Å²) >= 11 is 0. The summed E-state index contributed by atoms with van der Waals surface area (Å²) in [5.74, 6) is -3.31. The van der Waals surface area contributed by atoms with E-state index >= 15 is 0 Å². The van der Waals surface area contributed by atoms with Crippen LogP contribution in [-0.2, 0) is 105 Å². The Kier molecular flexibility index (Phi) is 37.9. The van der Waals surface area contributed by atoms with Crippen molar-refractivity contribution in [2.75, 3.05) is 185 Å². The maximum Gasteiger partial charge on any atom is 0.308 e. The van der Waals surface area contributed by atoms with Gasteiger partial charge in [0.1, 0.15) is 23.9 Å². The lowest BCUT2D eigenvalue weighted by atomic mass is 10.0. The topological polar surface area (TPSA) is 309 Å². The summed E-state index contributed by atoms with van der Waals surface area (Å²) in [6.45, 7) is 15.6. The third-order valence-electron chi connectivity index (χ3n) is 11.4. The lowest BCUT2D eigenvalue weighted by Gasteiger charge is -2.21. The maximum absolute atomic E-state index is 13.1. The molecule has 0 radical (unpaired) electrons. The van der Waals surface area contributed by atoms with Crippen molar-refractivity contribution in [3.8, 4) is 0 Å². The van der Waals surface area contributed by atoms with Gasteiger partial charge in [0.15, 0.2) is 0 Å². The minimum absolute atomic E-state index is 0.000688. The number of rotatable bonds is 50. The first kappa shape index (κ1) is 68.9. The van der Waals surface area contributed by atoms with Gasteiger partial charge in [-0.2, -0.15) is 0 Å². The summed E-state index contributed by atoms with van der Waals surface area (Å²) in [5, 5.41) is 11.1. The third-order valence-corrected chi connectivity index (χ3v) is 11.4. The quantitative estimate of drug-likeness (QED) is 0.0316. The smallest absolute Gasteiger partial charge is 0.308 e. The Morgan fingerprint density at radius 3 is 1.30 bits per heavy atom. The van der Waals surface area contributed by atoms with Crippen LogP contribution in [0, 0.1) is 0 Å². The van der Waals surface area contributed by atoms with Gasteiger partial charge in [0.25, 0.3) is 11.8 Å². The van der Waals surface area contributed by atoms with E-state index in [4.69, 9.17) is 71.1 Å². The molecule has 79 heavy (non-hydrogen) atoms. The number of ether oxygens (including phenoxy) is 15. The first-order chi connectivity index (χ1) is 38.3. The second-order valence-corrected chi connectivity index (χ2v) is 19.0. The van der Waals surface area contributed by atoms with Gasteiger partial charge in [0.05, 0.1) is 184 Å². The van der Waals surface area contributed by atoms with Gasteiger partial charge in [-0.05, 0) is 33.6 Å². The average Bonchev–Trinajstić information content (AvgIpc) is 4.28. The van der Waals surface area contributed by atoms with E-state index in [0.717, 1.165) is 17.1 Å². The highest BCUT2D eigenvalue weighted by Crippen LogP contribution is 2.27. The van der Waals surface area contributed by atoms with Crippen molar-refractivity contribution in [2.24, 2.45) is 0 Å². The molecule has 0 unspecified atom stereocenters. The standard InChI is InChI=1S/C52H89N5O22/c1-52(2,3)79-48(63)10-13-53-51(64)40(54-44(59)11-14-57-46(61)8-9-47(57)62)6-5-7-43(58)55-41-38-77-50-42(39-78-49(41)50)56-45(60)12-15-66-18-19-68-22-23-70-26-27-72-30-31-74-34-35-76-37-36-75-33-32-73-29-28-71-25-24-69-21-20-67-17-16-65-4/h8-9,40-42,49-50H,5-7,10-39H2,1-4H3,(H,53,64)(H,54,59)(H,55,58)(H,56,60)/t40-,41-,42-,49+,50+/m0/s1. The van der Waals surface area contributed by atoms with Crippen LogP contribution in [0.2, 0.25) is 0 Å². The number of nitrogens with zero attached hydrogens (tertiary/aromatic N) is 1. The van der Waals surface area contributed by atoms with Crippen molar-refractivity contribution in [2.45, 2.75) is 95.2 Å². The van der Waals surface area contributed by atoms with Crippen LogP contribution < -0.4 is 21.3 Å². The van der Waals surface area contributed by atoms with E-state index in [2.05, 4.69) is 21.3 Å². The van der Waals surface area contributed by atoms with Crippen LogP contribution in [0.3, 0.4) is 0 Å². The van der Waals surface area contributed by atoms with Gasteiger partial charge in [-0.25, -0.2) is 0 Å². The number of carbonyl (C=O) groups is 7. The van der Waals surface area contributed by atoms with Gasteiger partial charge in [-0.15, -0.1) is 0 Å². The molecule has 0 aromatic heterocycles. The summed E-state index contributed by atoms with van der Waals surface area (Å²) in [7, 11) is 1.63. The number of esters is 1. The van der Waals surface area contributed by atoms with Crippen LogP contribution in [-0.4, -0.2) is 268 Å². The van der Waals surface area contributed by atoms with Crippen molar-refractivity contribution in [3.05, 3.63) is 12.2 Å². The highest BCUT2D eigenvalue weighted by molar-refractivity contribution is 6.13. The average molecular weight is 1140 g/mol. The van der Waals surface area contributed by atoms with Crippen molar-refractivity contribution >= 4 is 41.4 Å². The van der Waals surface area contributed by atoms with E-state index in [1.54, 1.807) is 27.9 Å². The fraction of sp³-hybridized carbons (Fsp3) is 0.827. The Labute approximate surface area is 463 Å². The number of carbonyl (C=O) groups excluding carboxylic acids is 7. The summed E-state index contributed by atoms with van der Waals surface area (Å²) in [6, 6.07) is -1.97. The van der Waals surface area contributed by atoms with E-state index < -0.39 is 65.5 Å². The first-order valence-corrected chi connectivity index (χ1v) is 27.3. The molecule has 0 saturated carbocycles. The maximum atomic E-state index is 13.1. The zero-order chi connectivity index (χ0) is 57.2. The number of nitrogens with one attached hydrogen (secondary N) is 4. The molecule has 454 valence electrons. The van der Waals surface area contributed by atoms with Crippen LogP contribution >= 0.6 is 0 Å². The normalized spacial score (nSPS) is 18.3. The monoisotopic (exact) mass is 1140 g/mol. The summed E-state index contributed by atoms with van der Waals surface area (Å²) in [5.41, 5.74) is -0.700. The highest BCUT2D eigenvalue weighted by Gasteiger charge is 2.48. The molecular formula is C52H89N5O22. The van der Waals surface area contributed by atoms with Gasteiger partial charge < -0.3 is 92.3 Å². The van der Waals surface area contributed by atoms with E-state index in [-0.39, 0.29) is 83.2 Å². The molecule has 5 atom stereocenters. The van der Waals surface area contributed by atoms with E-state index in [1.165, 1.54) is 0 Å². The molecule has 0 spiro atoms. The Balaban J connectivity index is 1.10. The molecule has 3 aliphatic heterocycles. The van der Waals surface area contributed by atoms with Crippen LogP contribution in [0.25, 0.3) is 0 Å². The molecule has 2 saturated heterocycles. The molecule has 6 amide bonds. The molecule has 0 aromatic carbocycles.